The fraction of sp³-hybridized carbons (Fsp3) is 0.400. The molecule has 2 aromatic rings. The van der Waals surface area contributed by atoms with Gasteiger partial charge in [0.2, 0.25) is 0 Å². The van der Waals surface area contributed by atoms with Crippen LogP contribution in [0.3, 0.4) is 0 Å². The molecular weight excluding hydrogens is 254 g/mol. The zero-order chi connectivity index (χ0) is 14.3. The highest BCUT2D eigenvalue weighted by Crippen LogP contribution is 2.29. The van der Waals surface area contributed by atoms with Crippen LogP contribution in [-0.2, 0) is 0 Å². The van der Waals surface area contributed by atoms with Crippen LogP contribution in [0.25, 0.3) is 11.0 Å². The Morgan fingerprint density at radius 2 is 1.95 bits per heavy atom. The number of likely N-dealkylation sites (tertiary alicyclic amines) is 1. The molecule has 1 N–H and O–H groups in total. The van der Waals surface area contributed by atoms with Gasteiger partial charge in [0.25, 0.3) is 5.91 Å². The van der Waals surface area contributed by atoms with Crippen LogP contribution in [0.15, 0.2) is 30.5 Å². The number of aromatic nitrogens is 2. The van der Waals surface area contributed by atoms with Crippen molar-refractivity contribution in [2.45, 2.75) is 19.4 Å². The molecule has 2 heterocycles. The highest BCUT2D eigenvalue weighted by molar-refractivity contribution is 5.94. The van der Waals surface area contributed by atoms with Gasteiger partial charge in [-0.2, -0.15) is 0 Å². The summed E-state index contributed by atoms with van der Waals surface area (Å²) < 4.78 is 0. The van der Waals surface area contributed by atoms with E-state index in [4.69, 9.17) is 0 Å². The van der Waals surface area contributed by atoms with Gasteiger partial charge in [-0.05, 0) is 18.1 Å². The van der Waals surface area contributed by atoms with Gasteiger partial charge in [0.05, 0.1) is 30.3 Å². The number of carbonyl (C=O) groups is 1. The molecule has 1 aromatic carbocycles. The summed E-state index contributed by atoms with van der Waals surface area (Å²) in [5.74, 6) is -0.0391. The molecule has 1 aliphatic heterocycles. The molecule has 5 heteroatoms. The predicted molar refractivity (Wildman–Crippen MR) is 75.2 cm³/mol. The summed E-state index contributed by atoms with van der Waals surface area (Å²) in [5, 5.41) is 10.2. The van der Waals surface area contributed by atoms with E-state index < -0.39 is 5.60 Å². The van der Waals surface area contributed by atoms with Gasteiger partial charge in [-0.1, -0.05) is 26.0 Å². The molecule has 0 aliphatic carbocycles. The summed E-state index contributed by atoms with van der Waals surface area (Å²) in [6, 6.07) is 7.44. The summed E-state index contributed by atoms with van der Waals surface area (Å²) in [4.78, 5) is 22.5. The number of nitrogens with zero attached hydrogens (tertiary/aromatic N) is 3. The average molecular weight is 271 g/mol. The number of rotatable bonds is 2. The van der Waals surface area contributed by atoms with Crippen LogP contribution in [0.4, 0.5) is 0 Å². The quantitative estimate of drug-likeness (QED) is 0.898. The van der Waals surface area contributed by atoms with E-state index in [0.29, 0.717) is 24.3 Å². The summed E-state index contributed by atoms with van der Waals surface area (Å²) >= 11 is 0. The van der Waals surface area contributed by atoms with Crippen molar-refractivity contribution in [1.82, 2.24) is 14.9 Å². The Balaban J connectivity index is 1.80. The molecule has 1 fully saturated rings. The Hall–Kier alpha value is -2.01. The summed E-state index contributed by atoms with van der Waals surface area (Å²) in [6.07, 6.45) is 1.50. The number of fused-ring (bicyclic) bond motifs is 1. The van der Waals surface area contributed by atoms with Gasteiger partial charge in [-0.3, -0.25) is 9.78 Å². The number of para-hydroxylation sites is 2. The maximum Gasteiger partial charge on any atom is 0.274 e. The molecule has 0 atom stereocenters. The van der Waals surface area contributed by atoms with Crippen LogP contribution in [0, 0.1) is 5.92 Å². The molecule has 0 radical (unpaired) electrons. The highest BCUT2D eigenvalue weighted by Gasteiger charge is 2.46. The SMILES string of the molecule is CC(C)C1(O)CN(C(=O)c2cnc3ccccc3n2)C1. The lowest BCUT2D eigenvalue weighted by atomic mass is 9.83. The van der Waals surface area contributed by atoms with Crippen molar-refractivity contribution in [2.75, 3.05) is 13.1 Å². The van der Waals surface area contributed by atoms with Gasteiger partial charge in [0.1, 0.15) is 11.3 Å². The molecule has 0 spiro atoms. The zero-order valence-corrected chi connectivity index (χ0v) is 11.6. The van der Waals surface area contributed by atoms with E-state index in [-0.39, 0.29) is 11.8 Å². The van der Waals surface area contributed by atoms with Crippen LogP contribution in [0.5, 0.6) is 0 Å². The second-order valence-corrected chi connectivity index (χ2v) is 5.66. The summed E-state index contributed by atoms with van der Waals surface area (Å²) in [7, 11) is 0. The van der Waals surface area contributed by atoms with Gasteiger partial charge in [-0.25, -0.2) is 4.98 Å². The van der Waals surface area contributed by atoms with Gasteiger partial charge < -0.3 is 10.0 Å². The minimum absolute atomic E-state index is 0.134. The van der Waals surface area contributed by atoms with E-state index in [0.717, 1.165) is 5.52 Å². The van der Waals surface area contributed by atoms with E-state index in [1.54, 1.807) is 4.90 Å². The first-order valence-corrected chi connectivity index (χ1v) is 6.73. The average Bonchev–Trinajstić information content (AvgIpc) is 2.42. The normalized spacial score (nSPS) is 17.3. The molecule has 0 saturated carbocycles. The third-order valence-corrected chi connectivity index (χ3v) is 3.96. The topological polar surface area (TPSA) is 66.3 Å². The van der Waals surface area contributed by atoms with E-state index in [9.17, 15) is 9.90 Å². The fourth-order valence-electron chi connectivity index (χ4n) is 2.35. The molecule has 1 saturated heterocycles. The molecule has 1 amide bonds. The molecule has 20 heavy (non-hydrogen) atoms. The van der Waals surface area contributed by atoms with E-state index >= 15 is 0 Å². The van der Waals surface area contributed by atoms with Gasteiger partial charge >= 0.3 is 0 Å². The minimum Gasteiger partial charge on any atom is -0.386 e. The van der Waals surface area contributed by atoms with Crippen molar-refractivity contribution < 1.29 is 9.90 Å². The molecule has 0 bridgehead atoms. The van der Waals surface area contributed by atoms with Gasteiger partial charge in [0.15, 0.2) is 0 Å². The lowest BCUT2D eigenvalue weighted by Gasteiger charge is -2.48. The predicted octanol–water partition coefficient (Wildman–Crippen LogP) is 1.47. The second-order valence-electron chi connectivity index (χ2n) is 5.66. The number of β-amino-alcohol motifs (C(OH)–C–C–N with tert-alkyl or cyclic N) is 1. The summed E-state index contributed by atoms with van der Waals surface area (Å²) in [5.41, 5.74) is 1.04. The zero-order valence-electron chi connectivity index (χ0n) is 11.6. The molecular formula is C15H17N3O2. The number of hydrogen-bond donors (Lipinski definition) is 1. The molecule has 104 valence electrons. The Kier molecular flexibility index (Phi) is 2.94. The van der Waals surface area contributed by atoms with Crippen LogP contribution in [0.1, 0.15) is 24.3 Å². The number of amides is 1. The number of aliphatic hydroxyl groups is 1. The first kappa shape index (κ1) is 13.0. The Labute approximate surface area is 117 Å². The van der Waals surface area contributed by atoms with Crippen molar-refractivity contribution in [1.29, 1.82) is 0 Å². The van der Waals surface area contributed by atoms with Crippen molar-refractivity contribution in [3.8, 4) is 0 Å². The lowest BCUT2D eigenvalue weighted by Crippen LogP contribution is -2.66. The molecule has 0 unspecified atom stereocenters. The van der Waals surface area contributed by atoms with Crippen LogP contribution < -0.4 is 0 Å². The summed E-state index contributed by atoms with van der Waals surface area (Å²) in [6.45, 7) is 4.63. The lowest BCUT2D eigenvalue weighted by molar-refractivity contribution is -0.111. The highest BCUT2D eigenvalue weighted by atomic mass is 16.3. The molecule has 3 rings (SSSR count). The maximum absolute atomic E-state index is 12.3. The standard InChI is InChI=1S/C15H17N3O2/c1-10(2)15(20)8-18(9-15)14(19)13-7-16-11-5-3-4-6-12(11)17-13/h3-7,10,20H,8-9H2,1-2H3. The second kappa shape index (κ2) is 4.52. The van der Waals surface area contributed by atoms with E-state index in [1.165, 1.54) is 6.20 Å². The van der Waals surface area contributed by atoms with Crippen LogP contribution in [-0.4, -0.2) is 44.6 Å². The van der Waals surface area contributed by atoms with Crippen LogP contribution in [0.2, 0.25) is 0 Å². The Bertz CT molecular complexity index is 663. The molecule has 1 aromatic heterocycles. The minimum atomic E-state index is -0.764. The Morgan fingerprint density at radius 3 is 2.60 bits per heavy atom. The third-order valence-electron chi connectivity index (χ3n) is 3.96. The molecule has 1 aliphatic rings. The third kappa shape index (κ3) is 2.04. The Morgan fingerprint density at radius 1 is 1.30 bits per heavy atom. The first-order valence-electron chi connectivity index (χ1n) is 6.73. The molecule has 5 nitrogen and oxygen atoms in total. The monoisotopic (exact) mass is 271 g/mol. The maximum atomic E-state index is 12.3. The van der Waals surface area contributed by atoms with Crippen LogP contribution >= 0.6 is 0 Å². The van der Waals surface area contributed by atoms with Gasteiger partial charge in [-0.15, -0.1) is 0 Å². The van der Waals surface area contributed by atoms with Crippen molar-refractivity contribution in [3.63, 3.8) is 0 Å². The first-order chi connectivity index (χ1) is 9.49. The van der Waals surface area contributed by atoms with Crippen molar-refractivity contribution in [2.24, 2.45) is 5.92 Å². The largest absolute Gasteiger partial charge is 0.386 e. The number of hydrogen-bond acceptors (Lipinski definition) is 4. The van der Waals surface area contributed by atoms with E-state index in [2.05, 4.69) is 9.97 Å². The smallest absolute Gasteiger partial charge is 0.274 e. The van der Waals surface area contributed by atoms with Gasteiger partial charge in [0, 0.05) is 0 Å². The van der Waals surface area contributed by atoms with Crippen molar-refractivity contribution >= 4 is 16.9 Å². The number of carbonyl (C=O) groups excluding carboxylic acids is 1. The fourth-order valence-corrected chi connectivity index (χ4v) is 2.35. The van der Waals surface area contributed by atoms with E-state index in [1.807, 2.05) is 38.1 Å². The number of benzene rings is 1. The van der Waals surface area contributed by atoms with Crippen molar-refractivity contribution in [3.05, 3.63) is 36.2 Å².